The molecule has 2 N–H and O–H groups in total. The first-order valence-corrected chi connectivity index (χ1v) is 5.90. The molecule has 1 rings (SSSR count). The summed E-state index contributed by atoms with van der Waals surface area (Å²) in [6.07, 6.45) is 5.25. The third-order valence-corrected chi connectivity index (χ3v) is 3.55. The maximum absolute atomic E-state index is 10.9. The highest BCUT2D eigenvalue weighted by molar-refractivity contribution is 5.73. The van der Waals surface area contributed by atoms with Gasteiger partial charge in [0.05, 0.1) is 5.41 Å². The van der Waals surface area contributed by atoms with Crippen LogP contribution in [0.5, 0.6) is 0 Å². The molecule has 0 aromatic rings. The molecule has 0 aromatic carbocycles. The van der Waals surface area contributed by atoms with Crippen molar-refractivity contribution in [2.45, 2.75) is 52.5 Å². The van der Waals surface area contributed by atoms with Crippen LogP contribution in [-0.4, -0.2) is 23.7 Å². The monoisotopic (exact) mass is 213 g/mol. The number of carboxylic acids is 1. The van der Waals surface area contributed by atoms with Crippen molar-refractivity contribution >= 4 is 5.97 Å². The van der Waals surface area contributed by atoms with Crippen molar-refractivity contribution in [3.63, 3.8) is 0 Å². The molecule has 0 bridgehead atoms. The van der Waals surface area contributed by atoms with E-state index in [2.05, 4.69) is 12.2 Å². The van der Waals surface area contributed by atoms with Crippen molar-refractivity contribution < 1.29 is 9.90 Å². The fourth-order valence-electron chi connectivity index (χ4n) is 2.12. The van der Waals surface area contributed by atoms with Gasteiger partial charge in [-0.15, -0.1) is 0 Å². The van der Waals surface area contributed by atoms with Gasteiger partial charge in [0.2, 0.25) is 0 Å². The molecule has 3 nitrogen and oxygen atoms in total. The zero-order valence-electron chi connectivity index (χ0n) is 10.0. The number of carbonyl (C=O) groups is 1. The molecule has 1 aliphatic carbocycles. The lowest BCUT2D eigenvalue weighted by Crippen LogP contribution is -2.42. The van der Waals surface area contributed by atoms with Crippen molar-refractivity contribution in [1.29, 1.82) is 0 Å². The summed E-state index contributed by atoms with van der Waals surface area (Å²) in [6.45, 7) is 6.27. The average Bonchev–Trinajstić information content (AvgIpc) is 2.66. The van der Waals surface area contributed by atoms with Crippen molar-refractivity contribution in [1.82, 2.24) is 5.32 Å². The van der Waals surface area contributed by atoms with E-state index in [-0.39, 0.29) is 0 Å². The van der Waals surface area contributed by atoms with Gasteiger partial charge in [-0.2, -0.15) is 0 Å². The van der Waals surface area contributed by atoms with E-state index in [1.165, 1.54) is 25.7 Å². The minimum absolute atomic E-state index is 0.450. The predicted molar refractivity (Wildman–Crippen MR) is 60.8 cm³/mol. The molecule has 1 aliphatic rings. The molecule has 0 heterocycles. The van der Waals surface area contributed by atoms with Crippen LogP contribution < -0.4 is 5.32 Å². The molecule has 0 unspecified atom stereocenters. The van der Waals surface area contributed by atoms with Gasteiger partial charge in [0.15, 0.2) is 0 Å². The summed E-state index contributed by atoms with van der Waals surface area (Å²) >= 11 is 0. The Kier molecular flexibility index (Phi) is 4.14. The third kappa shape index (κ3) is 3.49. The average molecular weight is 213 g/mol. The highest BCUT2D eigenvalue weighted by Crippen LogP contribution is 2.28. The van der Waals surface area contributed by atoms with Gasteiger partial charge in [-0.1, -0.05) is 12.8 Å². The predicted octanol–water partition coefficient (Wildman–Crippen LogP) is 2.27. The quantitative estimate of drug-likeness (QED) is 0.736. The Morgan fingerprint density at radius 2 is 2.00 bits per heavy atom. The van der Waals surface area contributed by atoms with E-state index in [0.717, 1.165) is 5.92 Å². The van der Waals surface area contributed by atoms with Gasteiger partial charge in [0.1, 0.15) is 0 Å². The number of hydrogen-bond acceptors (Lipinski definition) is 2. The van der Waals surface area contributed by atoms with Crippen LogP contribution in [0.15, 0.2) is 0 Å². The lowest BCUT2D eigenvalue weighted by molar-refractivity contribution is -0.146. The standard InChI is InChI=1S/C12H23NO2/c1-9(10-6-4-5-7-10)13-8-12(2,3)11(14)15/h9-10,13H,4-8H2,1-3H3,(H,14,15)/t9-/m1/s1. The Morgan fingerprint density at radius 3 is 2.47 bits per heavy atom. The molecular formula is C12H23NO2. The topological polar surface area (TPSA) is 49.3 Å². The van der Waals surface area contributed by atoms with Gasteiger partial charge in [-0.05, 0) is 39.5 Å². The Bertz CT molecular complexity index is 220. The highest BCUT2D eigenvalue weighted by atomic mass is 16.4. The number of carboxylic acid groups (broad SMARTS) is 1. The number of rotatable bonds is 5. The van der Waals surface area contributed by atoms with Crippen LogP contribution in [-0.2, 0) is 4.79 Å². The highest BCUT2D eigenvalue weighted by Gasteiger charge is 2.29. The third-order valence-electron chi connectivity index (χ3n) is 3.55. The summed E-state index contributed by atoms with van der Waals surface area (Å²) in [7, 11) is 0. The van der Waals surface area contributed by atoms with Crippen LogP contribution in [0.3, 0.4) is 0 Å². The van der Waals surface area contributed by atoms with Crippen molar-refractivity contribution in [2.75, 3.05) is 6.54 Å². The van der Waals surface area contributed by atoms with Crippen LogP contribution in [0, 0.1) is 11.3 Å². The molecule has 15 heavy (non-hydrogen) atoms. The van der Waals surface area contributed by atoms with Crippen LogP contribution >= 0.6 is 0 Å². The molecule has 1 fully saturated rings. The second-order valence-corrected chi connectivity index (χ2v) is 5.40. The van der Waals surface area contributed by atoms with E-state index in [9.17, 15) is 4.79 Å². The molecule has 3 heteroatoms. The second-order valence-electron chi connectivity index (χ2n) is 5.40. The fourth-order valence-corrected chi connectivity index (χ4v) is 2.12. The van der Waals surface area contributed by atoms with Gasteiger partial charge in [-0.3, -0.25) is 4.79 Å². The molecule has 0 spiro atoms. The van der Waals surface area contributed by atoms with Gasteiger partial charge in [0, 0.05) is 12.6 Å². The number of nitrogens with one attached hydrogen (secondary N) is 1. The van der Waals surface area contributed by atoms with E-state index in [1.807, 2.05) is 0 Å². The van der Waals surface area contributed by atoms with Crippen LogP contribution in [0.1, 0.15) is 46.5 Å². The van der Waals surface area contributed by atoms with Crippen molar-refractivity contribution in [2.24, 2.45) is 11.3 Å². The molecule has 0 aliphatic heterocycles. The summed E-state index contributed by atoms with van der Waals surface area (Å²) in [5.74, 6) is 0.0169. The van der Waals surface area contributed by atoms with Crippen molar-refractivity contribution in [3.8, 4) is 0 Å². The first-order valence-electron chi connectivity index (χ1n) is 5.90. The van der Waals surface area contributed by atoms with Gasteiger partial charge in [0.25, 0.3) is 0 Å². The molecule has 0 aromatic heterocycles. The van der Waals surface area contributed by atoms with Gasteiger partial charge >= 0.3 is 5.97 Å². The molecule has 0 radical (unpaired) electrons. The first kappa shape index (κ1) is 12.5. The second kappa shape index (κ2) is 4.97. The van der Waals surface area contributed by atoms with E-state index in [0.29, 0.717) is 12.6 Å². The fraction of sp³-hybridized carbons (Fsp3) is 0.917. The van der Waals surface area contributed by atoms with E-state index in [4.69, 9.17) is 5.11 Å². The molecule has 0 saturated heterocycles. The summed E-state index contributed by atoms with van der Waals surface area (Å²) in [5, 5.41) is 12.3. The molecule has 88 valence electrons. The summed E-state index contributed by atoms with van der Waals surface area (Å²) in [6, 6.07) is 0.450. The SMILES string of the molecule is C[C@@H](NCC(C)(C)C(=O)O)C1CCCC1. The lowest BCUT2D eigenvalue weighted by atomic mass is 9.92. The number of aliphatic carboxylic acids is 1. The summed E-state index contributed by atoms with van der Waals surface area (Å²) in [4.78, 5) is 10.9. The van der Waals surface area contributed by atoms with Crippen LogP contribution in [0.2, 0.25) is 0 Å². The van der Waals surface area contributed by atoms with Gasteiger partial charge < -0.3 is 10.4 Å². The Morgan fingerprint density at radius 1 is 1.47 bits per heavy atom. The largest absolute Gasteiger partial charge is 0.481 e. The van der Waals surface area contributed by atoms with E-state index >= 15 is 0 Å². The maximum Gasteiger partial charge on any atom is 0.310 e. The normalized spacial score (nSPS) is 20.5. The maximum atomic E-state index is 10.9. The summed E-state index contributed by atoms with van der Waals surface area (Å²) < 4.78 is 0. The lowest BCUT2D eigenvalue weighted by Gasteiger charge is -2.26. The van der Waals surface area contributed by atoms with Crippen LogP contribution in [0.4, 0.5) is 0 Å². The van der Waals surface area contributed by atoms with Crippen molar-refractivity contribution in [3.05, 3.63) is 0 Å². The van der Waals surface area contributed by atoms with E-state index < -0.39 is 11.4 Å². The molecule has 1 atom stereocenters. The van der Waals surface area contributed by atoms with Gasteiger partial charge in [-0.25, -0.2) is 0 Å². The molecular weight excluding hydrogens is 190 g/mol. The number of hydrogen-bond donors (Lipinski definition) is 2. The molecule has 1 saturated carbocycles. The minimum Gasteiger partial charge on any atom is -0.481 e. The summed E-state index contributed by atoms with van der Waals surface area (Å²) in [5.41, 5.74) is -0.660. The Balaban J connectivity index is 2.32. The van der Waals surface area contributed by atoms with E-state index in [1.54, 1.807) is 13.8 Å². The zero-order chi connectivity index (χ0) is 11.5. The minimum atomic E-state index is -0.728. The van der Waals surface area contributed by atoms with Crippen LogP contribution in [0.25, 0.3) is 0 Å². The Labute approximate surface area is 92.3 Å². The first-order chi connectivity index (χ1) is 6.93. The molecule has 0 amide bonds. The smallest absolute Gasteiger partial charge is 0.310 e. The Hall–Kier alpha value is -0.570. The zero-order valence-corrected chi connectivity index (χ0v) is 10.0.